The zero-order valence-corrected chi connectivity index (χ0v) is 16.3. The van der Waals surface area contributed by atoms with Gasteiger partial charge in [0.15, 0.2) is 5.16 Å². The highest BCUT2D eigenvalue weighted by molar-refractivity contribution is 8.00. The number of thioether (sulfide) groups is 1. The van der Waals surface area contributed by atoms with Crippen LogP contribution in [0.15, 0.2) is 66.1 Å². The van der Waals surface area contributed by atoms with Crippen LogP contribution in [0, 0.1) is 13.8 Å². The van der Waals surface area contributed by atoms with Crippen molar-refractivity contribution in [3.63, 3.8) is 0 Å². The van der Waals surface area contributed by atoms with Gasteiger partial charge in [0.25, 0.3) is 0 Å². The standard InChI is InChI=1S/C21H23N3OS/c1-15-9-8-12-19(16(15)2)24-14-13-22-21(24)26-17(3)20(25)23(4)18-10-6-5-7-11-18/h5-14,17H,1-4H3. The Labute approximate surface area is 158 Å². The molecule has 0 aliphatic rings. The van der Waals surface area contributed by atoms with E-state index in [9.17, 15) is 4.79 Å². The second-order valence-electron chi connectivity index (χ2n) is 6.29. The second-order valence-corrected chi connectivity index (χ2v) is 7.60. The van der Waals surface area contributed by atoms with Crippen LogP contribution in [0.1, 0.15) is 18.1 Å². The molecule has 1 unspecified atom stereocenters. The van der Waals surface area contributed by atoms with Gasteiger partial charge in [-0.15, -0.1) is 0 Å². The predicted octanol–water partition coefficient (Wildman–Crippen LogP) is 4.63. The second kappa shape index (κ2) is 7.79. The van der Waals surface area contributed by atoms with E-state index in [0.717, 1.165) is 16.5 Å². The number of hydrogen-bond donors (Lipinski definition) is 0. The van der Waals surface area contributed by atoms with Gasteiger partial charge in [-0.05, 0) is 50.1 Å². The largest absolute Gasteiger partial charge is 0.315 e. The fraction of sp³-hybridized carbons (Fsp3) is 0.238. The molecule has 2 aromatic carbocycles. The van der Waals surface area contributed by atoms with E-state index in [1.165, 1.54) is 22.9 Å². The van der Waals surface area contributed by atoms with Crippen LogP contribution < -0.4 is 4.90 Å². The van der Waals surface area contributed by atoms with E-state index in [-0.39, 0.29) is 11.2 Å². The molecule has 0 bridgehead atoms. The average molecular weight is 366 g/mol. The van der Waals surface area contributed by atoms with Crippen molar-refractivity contribution < 1.29 is 4.79 Å². The lowest BCUT2D eigenvalue weighted by Gasteiger charge is -2.21. The van der Waals surface area contributed by atoms with Crippen LogP contribution in [-0.2, 0) is 4.79 Å². The summed E-state index contributed by atoms with van der Waals surface area (Å²) in [6.45, 7) is 6.13. The fourth-order valence-electron chi connectivity index (χ4n) is 2.82. The van der Waals surface area contributed by atoms with E-state index in [2.05, 4.69) is 35.5 Å². The van der Waals surface area contributed by atoms with Crippen LogP contribution in [0.2, 0.25) is 0 Å². The van der Waals surface area contributed by atoms with Crippen LogP contribution in [0.3, 0.4) is 0 Å². The van der Waals surface area contributed by atoms with Gasteiger partial charge < -0.3 is 4.90 Å². The Morgan fingerprint density at radius 2 is 1.85 bits per heavy atom. The summed E-state index contributed by atoms with van der Waals surface area (Å²) in [5.74, 6) is 0.0525. The first kappa shape index (κ1) is 18.3. The van der Waals surface area contributed by atoms with Crippen molar-refractivity contribution in [3.05, 3.63) is 72.1 Å². The number of benzene rings is 2. The molecule has 0 N–H and O–H groups in total. The van der Waals surface area contributed by atoms with Gasteiger partial charge in [0, 0.05) is 25.1 Å². The van der Waals surface area contributed by atoms with E-state index in [1.54, 1.807) is 11.1 Å². The minimum Gasteiger partial charge on any atom is -0.315 e. The molecule has 1 aromatic heterocycles. The minimum atomic E-state index is -0.244. The highest BCUT2D eigenvalue weighted by Gasteiger charge is 2.22. The van der Waals surface area contributed by atoms with E-state index >= 15 is 0 Å². The molecular weight excluding hydrogens is 342 g/mol. The molecule has 1 amide bonds. The van der Waals surface area contributed by atoms with Crippen molar-refractivity contribution in [2.75, 3.05) is 11.9 Å². The summed E-state index contributed by atoms with van der Waals surface area (Å²) in [4.78, 5) is 19.0. The number of para-hydroxylation sites is 1. The summed E-state index contributed by atoms with van der Waals surface area (Å²) in [5, 5.41) is 0.576. The smallest absolute Gasteiger partial charge is 0.240 e. The number of amides is 1. The lowest BCUT2D eigenvalue weighted by atomic mass is 10.1. The van der Waals surface area contributed by atoms with Crippen molar-refractivity contribution in [1.29, 1.82) is 0 Å². The number of carbonyl (C=O) groups is 1. The Morgan fingerprint density at radius 1 is 1.12 bits per heavy atom. The van der Waals surface area contributed by atoms with Crippen molar-refractivity contribution in [2.45, 2.75) is 31.2 Å². The van der Waals surface area contributed by atoms with Gasteiger partial charge in [-0.1, -0.05) is 42.1 Å². The van der Waals surface area contributed by atoms with Crippen molar-refractivity contribution in [2.24, 2.45) is 0 Å². The molecule has 134 valence electrons. The minimum absolute atomic E-state index is 0.0525. The van der Waals surface area contributed by atoms with E-state index in [4.69, 9.17) is 0 Å². The van der Waals surface area contributed by atoms with Gasteiger partial charge in [-0.2, -0.15) is 0 Å². The predicted molar refractivity (Wildman–Crippen MR) is 108 cm³/mol. The van der Waals surface area contributed by atoms with Gasteiger partial charge >= 0.3 is 0 Å². The highest BCUT2D eigenvalue weighted by Crippen LogP contribution is 2.28. The third-order valence-electron chi connectivity index (χ3n) is 4.55. The molecule has 1 atom stereocenters. The normalized spacial score (nSPS) is 12.0. The summed E-state index contributed by atoms with van der Waals surface area (Å²) >= 11 is 1.48. The Hall–Kier alpha value is -2.53. The highest BCUT2D eigenvalue weighted by atomic mass is 32.2. The molecule has 0 saturated carbocycles. The molecule has 0 fully saturated rings. The van der Waals surface area contributed by atoms with Crippen LogP contribution >= 0.6 is 11.8 Å². The summed E-state index contributed by atoms with van der Waals surface area (Å²) < 4.78 is 2.05. The van der Waals surface area contributed by atoms with Gasteiger partial charge in [0.2, 0.25) is 5.91 Å². The van der Waals surface area contributed by atoms with Crippen molar-refractivity contribution in [3.8, 4) is 5.69 Å². The number of carbonyl (C=O) groups excluding carboxylic acids is 1. The maximum atomic E-state index is 12.8. The Morgan fingerprint density at radius 3 is 2.58 bits per heavy atom. The average Bonchev–Trinajstić information content (AvgIpc) is 3.11. The number of anilines is 1. The van der Waals surface area contributed by atoms with E-state index in [1.807, 2.05) is 56.6 Å². The number of imidazole rings is 1. The van der Waals surface area contributed by atoms with E-state index in [0.29, 0.717) is 0 Å². The molecule has 0 radical (unpaired) electrons. The number of aromatic nitrogens is 2. The zero-order chi connectivity index (χ0) is 18.7. The molecule has 0 aliphatic heterocycles. The Kier molecular flexibility index (Phi) is 5.47. The van der Waals surface area contributed by atoms with Crippen molar-refractivity contribution in [1.82, 2.24) is 9.55 Å². The molecule has 3 aromatic rings. The van der Waals surface area contributed by atoms with Crippen LogP contribution in [-0.4, -0.2) is 27.8 Å². The Bertz CT molecular complexity index is 905. The van der Waals surface area contributed by atoms with Crippen LogP contribution in [0.25, 0.3) is 5.69 Å². The van der Waals surface area contributed by atoms with Gasteiger partial charge in [0.1, 0.15) is 0 Å². The third-order valence-corrected chi connectivity index (χ3v) is 5.61. The van der Waals surface area contributed by atoms with Gasteiger partial charge in [0.05, 0.1) is 10.9 Å². The summed E-state index contributed by atoms with van der Waals surface area (Å²) in [6, 6.07) is 15.9. The number of rotatable bonds is 5. The maximum Gasteiger partial charge on any atom is 0.240 e. The Balaban J connectivity index is 1.81. The number of hydrogen-bond acceptors (Lipinski definition) is 3. The first-order chi connectivity index (χ1) is 12.5. The van der Waals surface area contributed by atoms with Gasteiger partial charge in [-0.25, -0.2) is 4.98 Å². The molecule has 0 spiro atoms. The molecule has 26 heavy (non-hydrogen) atoms. The van der Waals surface area contributed by atoms with Gasteiger partial charge in [-0.3, -0.25) is 9.36 Å². The van der Waals surface area contributed by atoms with E-state index < -0.39 is 0 Å². The molecular formula is C21H23N3OS. The first-order valence-corrected chi connectivity index (χ1v) is 9.46. The van der Waals surface area contributed by atoms with Crippen LogP contribution in [0.5, 0.6) is 0 Å². The topological polar surface area (TPSA) is 38.1 Å². The number of aryl methyl sites for hydroxylation is 1. The quantitative estimate of drug-likeness (QED) is 0.619. The molecule has 1 heterocycles. The fourth-order valence-corrected chi connectivity index (χ4v) is 3.79. The molecule has 4 nitrogen and oxygen atoms in total. The number of nitrogens with zero attached hydrogens (tertiary/aromatic N) is 3. The monoisotopic (exact) mass is 365 g/mol. The third kappa shape index (κ3) is 3.68. The molecule has 0 saturated heterocycles. The van der Waals surface area contributed by atoms with Crippen LogP contribution in [0.4, 0.5) is 5.69 Å². The lowest BCUT2D eigenvalue weighted by Crippen LogP contribution is -2.33. The summed E-state index contributed by atoms with van der Waals surface area (Å²) in [5.41, 5.74) is 4.44. The molecule has 3 rings (SSSR count). The van der Waals surface area contributed by atoms with Crippen molar-refractivity contribution >= 4 is 23.4 Å². The molecule has 0 aliphatic carbocycles. The summed E-state index contributed by atoms with van der Waals surface area (Å²) in [7, 11) is 1.81. The zero-order valence-electron chi connectivity index (χ0n) is 15.5. The summed E-state index contributed by atoms with van der Waals surface area (Å²) in [6.07, 6.45) is 3.73. The molecule has 5 heteroatoms. The maximum absolute atomic E-state index is 12.8. The lowest BCUT2D eigenvalue weighted by molar-refractivity contribution is -0.117. The SMILES string of the molecule is Cc1cccc(-n2ccnc2SC(C)C(=O)N(C)c2ccccc2)c1C. The first-order valence-electron chi connectivity index (χ1n) is 8.58.